The summed E-state index contributed by atoms with van der Waals surface area (Å²) in [5, 5.41) is 3.04. The Bertz CT molecular complexity index is 312. The minimum Gasteiger partial charge on any atom is -0.382 e. The molecule has 0 aromatic heterocycles. The average molecular weight is 183 g/mol. The van der Waals surface area contributed by atoms with Crippen molar-refractivity contribution in [2.24, 2.45) is 0 Å². The minimum absolute atomic E-state index is 0.116. The van der Waals surface area contributed by atoms with Crippen molar-refractivity contribution in [3.63, 3.8) is 0 Å². The van der Waals surface area contributed by atoms with Crippen LogP contribution in [0.5, 0.6) is 0 Å². The van der Waals surface area contributed by atoms with Crippen LogP contribution >= 0.6 is 11.8 Å². The number of hydrogen-bond donors (Lipinski definition) is 1. The third kappa shape index (κ3) is 1.18. The van der Waals surface area contributed by atoms with Crippen molar-refractivity contribution in [2.45, 2.75) is 11.3 Å². The highest BCUT2D eigenvalue weighted by Gasteiger charge is 2.15. The summed E-state index contributed by atoms with van der Waals surface area (Å²) in [5.74, 6) is -0.116. The second-order valence-electron chi connectivity index (χ2n) is 2.82. The number of thioether (sulfide) groups is 1. The summed E-state index contributed by atoms with van der Waals surface area (Å²) < 4.78 is 13.3. The highest BCUT2D eigenvalue weighted by molar-refractivity contribution is 7.98. The third-order valence-electron chi connectivity index (χ3n) is 2.08. The lowest BCUT2D eigenvalue weighted by Crippen LogP contribution is -1.93. The first kappa shape index (κ1) is 7.92. The van der Waals surface area contributed by atoms with Gasteiger partial charge in [-0.05, 0) is 30.4 Å². The number of nitrogens with one attached hydrogen (secondary N) is 1. The van der Waals surface area contributed by atoms with Gasteiger partial charge >= 0.3 is 0 Å². The van der Waals surface area contributed by atoms with Crippen LogP contribution in [0.4, 0.5) is 10.1 Å². The summed E-state index contributed by atoms with van der Waals surface area (Å²) in [5.41, 5.74) is 1.81. The molecule has 1 aromatic carbocycles. The molecule has 64 valence electrons. The van der Waals surface area contributed by atoms with E-state index in [-0.39, 0.29) is 5.82 Å². The van der Waals surface area contributed by atoms with Gasteiger partial charge in [-0.2, -0.15) is 0 Å². The van der Waals surface area contributed by atoms with Crippen LogP contribution in [0, 0.1) is 5.82 Å². The van der Waals surface area contributed by atoms with Gasteiger partial charge in [-0.15, -0.1) is 11.8 Å². The molecular weight excluding hydrogens is 173 g/mol. The molecule has 0 radical (unpaired) electrons. The number of fused-ring (bicyclic) bond motifs is 1. The zero-order valence-electron chi connectivity index (χ0n) is 6.86. The molecular formula is C9H10FNS. The highest BCUT2D eigenvalue weighted by atomic mass is 32.2. The van der Waals surface area contributed by atoms with E-state index in [2.05, 4.69) is 11.4 Å². The first-order valence-electron chi connectivity index (χ1n) is 3.91. The van der Waals surface area contributed by atoms with Gasteiger partial charge in [0.1, 0.15) is 5.82 Å². The van der Waals surface area contributed by atoms with Crippen LogP contribution in [0.3, 0.4) is 0 Å². The van der Waals surface area contributed by atoms with E-state index in [1.165, 1.54) is 0 Å². The van der Waals surface area contributed by atoms with Crippen LogP contribution in [0.2, 0.25) is 0 Å². The SMILES string of the molecule is CSc1cc(F)c2c(c1)CCN2. The predicted molar refractivity (Wildman–Crippen MR) is 50.4 cm³/mol. The fourth-order valence-electron chi connectivity index (χ4n) is 1.47. The number of halogens is 1. The minimum atomic E-state index is -0.116. The fourth-order valence-corrected chi connectivity index (χ4v) is 1.95. The first-order chi connectivity index (χ1) is 5.81. The fraction of sp³-hybridized carbons (Fsp3) is 0.333. The van der Waals surface area contributed by atoms with Crippen LogP contribution in [0.15, 0.2) is 17.0 Å². The van der Waals surface area contributed by atoms with Gasteiger partial charge in [-0.25, -0.2) is 4.39 Å². The Balaban J connectivity index is 2.51. The first-order valence-corrected chi connectivity index (χ1v) is 5.14. The molecule has 1 aromatic rings. The lowest BCUT2D eigenvalue weighted by molar-refractivity contribution is 0.628. The molecule has 1 heterocycles. The average Bonchev–Trinajstić information content (AvgIpc) is 2.52. The molecule has 0 bridgehead atoms. The second-order valence-corrected chi connectivity index (χ2v) is 3.70. The van der Waals surface area contributed by atoms with E-state index in [9.17, 15) is 4.39 Å². The molecule has 1 aliphatic rings. The Morgan fingerprint density at radius 1 is 1.50 bits per heavy atom. The third-order valence-corrected chi connectivity index (χ3v) is 2.78. The summed E-state index contributed by atoms with van der Waals surface area (Å²) in [6, 6.07) is 3.64. The van der Waals surface area contributed by atoms with Gasteiger partial charge in [0.05, 0.1) is 5.69 Å². The molecule has 1 nitrogen and oxygen atoms in total. The summed E-state index contributed by atoms with van der Waals surface area (Å²) in [6.07, 6.45) is 2.91. The van der Waals surface area contributed by atoms with E-state index in [1.807, 2.05) is 6.26 Å². The van der Waals surface area contributed by atoms with Crippen molar-refractivity contribution in [1.82, 2.24) is 0 Å². The molecule has 1 N–H and O–H groups in total. The largest absolute Gasteiger partial charge is 0.382 e. The van der Waals surface area contributed by atoms with Crippen molar-refractivity contribution in [3.8, 4) is 0 Å². The van der Waals surface area contributed by atoms with E-state index in [0.717, 1.165) is 23.4 Å². The maximum Gasteiger partial charge on any atom is 0.147 e. The zero-order valence-corrected chi connectivity index (χ0v) is 7.67. The standard InChI is InChI=1S/C9H10FNS/c1-12-7-4-6-2-3-11-9(6)8(10)5-7/h4-5,11H,2-3H2,1H3. The van der Waals surface area contributed by atoms with Gasteiger partial charge < -0.3 is 5.32 Å². The van der Waals surface area contributed by atoms with Crippen molar-refractivity contribution < 1.29 is 4.39 Å². The predicted octanol–water partition coefficient (Wildman–Crippen LogP) is 2.52. The number of rotatable bonds is 1. The summed E-state index contributed by atoms with van der Waals surface area (Å²) in [6.45, 7) is 0.865. The lowest BCUT2D eigenvalue weighted by atomic mass is 10.2. The Morgan fingerprint density at radius 3 is 3.08 bits per heavy atom. The molecule has 2 rings (SSSR count). The van der Waals surface area contributed by atoms with Gasteiger partial charge in [-0.3, -0.25) is 0 Å². The lowest BCUT2D eigenvalue weighted by Gasteiger charge is -2.03. The van der Waals surface area contributed by atoms with Gasteiger partial charge in [-0.1, -0.05) is 0 Å². The quantitative estimate of drug-likeness (QED) is 0.671. The Hall–Kier alpha value is -0.700. The van der Waals surface area contributed by atoms with Crippen LogP contribution in [-0.2, 0) is 6.42 Å². The molecule has 0 amide bonds. The Kier molecular flexibility index (Phi) is 1.97. The van der Waals surface area contributed by atoms with Crippen LogP contribution in [-0.4, -0.2) is 12.8 Å². The Labute approximate surface area is 75.4 Å². The van der Waals surface area contributed by atoms with Gasteiger partial charge in [0.25, 0.3) is 0 Å². The molecule has 0 unspecified atom stereocenters. The van der Waals surface area contributed by atoms with Gasteiger partial charge in [0, 0.05) is 11.4 Å². The molecule has 0 aliphatic carbocycles. The maximum absolute atomic E-state index is 13.3. The molecule has 0 atom stereocenters. The monoisotopic (exact) mass is 183 g/mol. The number of hydrogen-bond acceptors (Lipinski definition) is 2. The zero-order chi connectivity index (χ0) is 8.55. The van der Waals surface area contributed by atoms with Crippen molar-refractivity contribution in [1.29, 1.82) is 0 Å². The van der Waals surface area contributed by atoms with E-state index in [1.54, 1.807) is 17.8 Å². The number of anilines is 1. The molecule has 12 heavy (non-hydrogen) atoms. The van der Waals surface area contributed by atoms with Crippen molar-refractivity contribution in [3.05, 3.63) is 23.5 Å². The second kappa shape index (κ2) is 2.98. The summed E-state index contributed by atoms with van der Waals surface area (Å²) >= 11 is 1.58. The normalized spacial score (nSPS) is 14.2. The van der Waals surface area contributed by atoms with Crippen LogP contribution < -0.4 is 5.32 Å². The highest BCUT2D eigenvalue weighted by Crippen LogP contribution is 2.29. The molecule has 0 saturated heterocycles. The molecule has 0 fully saturated rings. The van der Waals surface area contributed by atoms with E-state index in [0.29, 0.717) is 5.69 Å². The molecule has 1 aliphatic heterocycles. The van der Waals surface area contributed by atoms with E-state index >= 15 is 0 Å². The summed E-state index contributed by atoms with van der Waals surface area (Å²) in [4.78, 5) is 1.01. The molecule has 3 heteroatoms. The Morgan fingerprint density at radius 2 is 2.33 bits per heavy atom. The van der Waals surface area contributed by atoms with Crippen LogP contribution in [0.1, 0.15) is 5.56 Å². The molecule has 0 spiro atoms. The molecule has 0 saturated carbocycles. The van der Waals surface area contributed by atoms with Gasteiger partial charge in [0.15, 0.2) is 0 Å². The summed E-state index contributed by atoms with van der Waals surface area (Å²) in [7, 11) is 0. The van der Waals surface area contributed by atoms with Crippen LogP contribution in [0.25, 0.3) is 0 Å². The van der Waals surface area contributed by atoms with Crippen molar-refractivity contribution >= 4 is 17.4 Å². The maximum atomic E-state index is 13.3. The topological polar surface area (TPSA) is 12.0 Å². The smallest absolute Gasteiger partial charge is 0.147 e. The number of benzene rings is 1. The van der Waals surface area contributed by atoms with E-state index < -0.39 is 0 Å². The van der Waals surface area contributed by atoms with Gasteiger partial charge in [0.2, 0.25) is 0 Å². The van der Waals surface area contributed by atoms with Crippen molar-refractivity contribution in [2.75, 3.05) is 18.1 Å². The van der Waals surface area contributed by atoms with E-state index in [4.69, 9.17) is 0 Å².